The van der Waals surface area contributed by atoms with Gasteiger partial charge in [-0.1, -0.05) is 11.6 Å². The Bertz CT molecular complexity index is 593. The van der Waals surface area contributed by atoms with Crippen LogP contribution in [0.3, 0.4) is 0 Å². The fourth-order valence-electron chi connectivity index (χ4n) is 1.42. The van der Waals surface area contributed by atoms with Crippen molar-refractivity contribution >= 4 is 34.5 Å². The highest BCUT2D eigenvalue weighted by atomic mass is 35.5. The Hall–Kier alpha value is -1.92. The van der Waals surface area contributed by atoms with Crippen LogP contribution < -0.4 is 0 Å². The summed E-state index contributed by atoms with van der Waals surface area (Å²) >= 11 is 5.71. The molecular formula is C12H13ClN2O4. The van der Waals surface area contributed by atoms with Crippen LogP contribution in [-0.2, 0) is 4.74 Å². The maximum atomic E-state index is 10.7. The number of rotatable bonds is 3. The molecule has 0 amide bonds. The van der Waals surface area contributed by atoms with E-state index in [2.05, 4.69) is 9.72 Å². The summed E-state index contributed by atoms with van der Waals surface area (Å²) in [4.78, 5) is 23.3. The van der Waals surface area contributed by atoms with E-state index in [-0.39, 0.29) is 16.4 Å². The lowest BCUT2D eigenvalue weighted by Crippen LogP contribution is -1.89. The number of non-ortho nitro benzene ring substituents is 1. The molecule has 0 aliphatic carbocycles. The first kappa shape index (κ1) is 15.1. The molecule has 6 nitrogen and oxygen atoms in total. The summed E-state index contributed by atoms with van der Waals surface area (Å²) in [6.45, 7) is 2.78. The molecule has 2 rings (SSSR count). The summed E-state index contributed by atoms with van der Waals surface area (Å²) in [5.74, 6) is 0. The maximum Gasteiger partial charge on any atom is 0.294 e. The van der Waals surface area contributed by atoms with Crippen molar-refractivity contribution in [1.82, 2.24) is 4.98 Å². The van der Waals surface area contributed by atoms with Crippen LogP contribution in [0.25, 0.3) is 10.9 Å². The standard InChI is InChI=1S/C9H5ClN2O3.C3H8O/c10-6-1-5-2-7(4-13)11-9(5)8(3-6)12(14)15;1-3-4-2/h1-4,11H;3H2,1-2H3. The van der Waals surface area contributed by atoms with Crippen molar-refractivity contribution in [2.45, 2.75) is 6.92 Å². The molecule has 0 atom stereocenters. The van der Waals surface area contributed by atoms with E-state index in [0.717, 1.165) is 6.61 Å². The highest BCUT2D eigenvalue weighted by Gasteiger charge is 2.15. The lowest BCUT2D eigenvalue weighted by molar-refractivity contribution is -0.383. The number of nitrogens with one attached hydrogen (secondary N) is 1. The largest absolute Gasteiger partial charge is 0.385 e. The second-order valence-electron chi connectivity index (χ2n) is 3.57. The van der Waals surface area contributed by atoms with Crippen molar-refractivity contribution in [3.05, 3.63) is 39.0 Å². The minimum Gasteiger partial charge on any atom is -0.385 e. The first-order valence-electron chi connectivity index (χ1n) is 5.44. The maximum absolute atomic E-state index is 10.7. The van der Waals surface area contributed by atoms with Crippen LogP contribution in [0, 0.1) is 10.1 Å². The fourth-order valence-corrected chi connectivity index (χ4v) is 1.64. The quantitative estimate of drug-likeness (QED) is 0.533. The molecule has 7 heteroatoms. The minimum absolute atomic E-state index is 0.134. The second-order valence-corrected chi connectivity index (χ2v) is 4.00. The molecule has 0 saturated heterocycles. The second kappa shape index (κ2) is 6.86. The Morgan fingerprint density at radius 3 is 2.58 bits per heavy atom. The summed E-state index contributed by atoms with van der Waals surface area (Å²) in [5, 5.41) is 11.5. The van der Waals surface area contributed by atoms with E-state index in [0.29, 0.717) is 17.2 Å². The summed E-state index contributed by atoms with van der Waals surface area (Å²) < 4.78 is 4.54. The highest BCUT2D eigenvalue weighted by Crippen LogP contribution is 2.29. The first-order valence-corrected chi connectivity index (χ1v) is 5.82. The molecule has 0 aliphatic rings. The monoisotopic (exact) mass is 284 g/mol. The number of fused-ring (bicyclic) bond motifs is 1. The van der Waals surface area contributed by atoms with Gasteiger partial charge < -0.3 is 9.72 Å². The lowest BCUT2D eigenvalue weighted by atomic mass is 10.2. The van der Waals surface area contributed by atoms with Gasteiger partial charge in [-0.15, -0.1) is 0 Å². The van der Waals surface area contributed by atoms with E-state index in [1.54, 1.807) is 13.2 Å². The topological polar surface area (TPSA) is 85.2 Å². The number of methoxy groups -OCH3 is 1. The molecule has 1 aromatic heterocycles. The number of carbonyl (C=O) groups is 1. The van der Waals surface area contributed by atoms with Crippen molar-refractivity contribution in [2.75, 3.05) is 13.7 Å². The molecule has 1 N–H and O–H groups in total. The lowest BCUT2D eigenvalue weighted by Gasteiger charge is -1.94. The van der Waals surface area contributed by atoms with Gasteiger partial charge in [0.1, 0.15) is 5.52 Å². The Balaban J connectivity index is 0.000000399. The van der Waals surface area contributed by atoms with E-state index in [9.17, 15) is 14.9 Å². The van der Waals surface area contributed by atoms with E-state index < -0.39 is 4.92 Å². The number of hydrogen-bond acceptors (Lipinski definition) is 4. The normalized spacial score (nSPS) is 9.84. The molecule has 0 saturated carbocycles. The summed E-state index contributed by atoms with van der Waals surface area (Å²) in [6, 6.07) is 4.32. The first-order chi connectivity index (χ1) is 9.03. The fraction of sp³-hybridized carbons (Fsp3) is 0.250. The van der Waals surface area contributed by atoms with Gasteiger partial charge in [0.05, 0.1) is 10.6 Å². The van der Waals surface area contributed by atoms with Crippen molar-refractivity contribution in [3.8, 4) is 0 Å². The number of H-pyrrole nitrogens is 1. The number of nitro benzene ring substituents is 1. The van der Waals surface area contributed by atoms with E-state index in [4.69, 9.17) is 11.6 Å². The van der Waals surface area contributed by atoms with Crippen LogP contribution in [0.2, 0.25) is 5.02 Å². The van der Waals surface area contributed by atoms with Gasteiger partial charge in [-0.3, -0.25) is 14.9 Å². The molecule has 0 radical (unpaired) electrons. The van der Waals surface area contributed by atoms with E-state index >= 15 is 0 Å². The van der Waals surface area contributed by atoms with Gasteiger partial charge in [0, 0.05) is 30.2 Å². The third kappa shape index (κ3) is 3.77. The summed E-state index contributed by atoms with van der Waals surface area (Å²) in [7, 11) is 1.68. The van der Waals surface area contributed by atoms with E-state index in [1.807, 2.05) is 6.92 Å². The van der Waals surface area contributed by atoms with Gasteiger partial charge in [0.25, 0.3) is 5.69 Å². The number of nitrogens with zero attached hydrogens (tertiary/aromatic N) is 1. The predicted molar refractivity (Wildman–Crippen MR) is 72.9 cm³/mol. The van der Waals surface area contributed by atoms with Crippen LogP contribution in [-0.4, -0.2) is 29.9 Å². The summed E-state index contributed by atoms with van der Waals surface area (Å²) in [5.41, 5.74) is 0.465. The molecule has 0 bridgehead atoms. The van der Waals surface area contributed by atoms with Gasteiger partial charge in [0.2, 0.25) is 0 Å². The Morgan fingerprint density at radius 1 is 1.47 bits per heavy atom. The van der Waals surface area contributed by atoms with Crippen molar-refractivity contribution in [3.63, 3.8) is 0 Å². The van der Waals surface area contributed by atoms with Crippen LogP contribution in [0.15, 0.2) is 18.2 Å². The highest BCUT2D eigenvalue weighted by molar-refractivity contribution is 6.31. The van der Waals surface area contributed by atoms with Crippen molar-refractivity contribution in [2.24, 2.45) is 0 Å². The molecule has 0 unspecified atom stereocenters. The zero-order chi connectivity index (χ0) is 14.4. The summed E-state index contributed by atoms with van der Waals surface area (Å²) in [6.07, 6.45) is 0.595. The molecule has 0 spiro atoms. The number of ether oxygens (including phenoxy) is 1. The SMILES string of the molecule is CCOC.O=Cc1cc2cc(Cl)cc([N+](=O)[O-])c2[nH]1. The number of hydrogen-bond donors (Lipinski definition) is 1. The molecule has 1 heterocycles. The number of aromatic amines is 1. The van der Waals surface area contributed by atoms with Crippen LogP contribution >= 0.6 is 11.6 Å². The van der Waals surface area contributed by atoms with Crippen LogP contribution in [0.4, 0.5) is 5.69 Å². The van der Waals surface area contributed by atoms with Crippen LogP contribution in [0.5, 0.6) is 0 Å². The Kier molecular flexibility index (Phi) is 5.47. The molecule has 102 valence electrons. The van der Waals surface area contributed by atoms with Gasteiger partial charge in [-0.05, 0) is 19.1 Å². The van der Waals surface area contributed by atoms with Gasteiger partial charge in [-0.2, -0.15) is 0 Å². The van der Waals surface area contributed by atoms with Gasteiger partial charge in [-0.25, -0.2) is 0 Å². The number of nitro groups is 1. The van der Waals surface area contributed by atoms with Gasteiger partial charge >= 0.3 is 0 Å². The number of halogens is 1. The predicted octanol–water partition coefficient (Wildman–Crippen LogP) is 3.19. The van der Waals surface area contributed by atoms with E-state index in [1.165, 1.54) is 12.1 Å². The van der Waals surface area contributed by atoms with Crippen molar-refractivity contribution in [1.29, 1.82) is 0 Å². The molecular weight excluding hydrogens is 272 g/mol. The third-order valence-electron chi connectivity index (χ3n) is 2.31. The zero-order valence-electron chi connectivity index (χ0n) is 10.5. The average Bonchev–Trinajstić information content (AvgIpc) is 2.80. The minimum atomic E-state index is -0.542. The molecule has 0 aliphatic heterocycles. The van der Waals surface area contributed by atoms with Gasteiger partial charge in [0.15, 0.2) is 6.29 Å². The molecule has 0 fully saturated rings. The molecule has 2 aromatic rings. The molecule has 19 heavy (non-hydrogen) atoms. The average molecular weight is 285 g/mol. The smallest absolute Gasteiger partial charge is 0.294 e. The number of aromatic nitrogens is 1. The number of aldehydes is 1. The van der Waals surface area contributed by atoms with Crippen LogP contribution in [0.1, 0.15) is 17.4 Å². The van der Waals surface area contributed by atoms with Crippen molar-refractivity contribution < 1.29 is 14.5 Å². The Labute approximate surface area is 114 Å². The third-order valence-corrected chi connectivity index (χ3v) is 2.52. The number of carbonyl (C=O) groups excluding carboxylic acids is 1. The molecule has 1 aromatic carbocycles. The Morgan fingerprint density at radius 2 is 2.11 bits per heavy atom. The zero-order valence-corrected chi connectivity index (χ0v) is 11.2. The number of benzene rings is 1.